The first-order valence-electron chi connectivity index (χ1n) is 13.2. The number of rotatable bonds is 11. The molecule has 1 aliphatic carbocycles. The summed E-state index contributed by atoms with van der Waals surface area (Å²) in [4.78, 5) is 0. The molecule has 0 unspecified atom stereocenters. The van der Waals surface area contributed by atoms with Gasteiger partial charge in [-0.1, -0.05) is 91.0 Å². The Morgan fingerprint density at radius 3 is 1.64 bits per heavy atom. The second-order valence-corrected chi connectivity index (χ2v) is 9.68. The van der Waals surface area contributed by atoms with Crippen LogP contribution in [0.1, 0.15) is 29.5 Å². The van der Waals surface area contributed by atoms with Gasteiger partial charge in [0.25, 0.3) is 5.92 Å². The third kappa shape index (κ3) is 7.43. The van der Waals surface area contributed by atoms with Gasteiger partial charge in [-0.15, -0.1) is 0 Å². The standard InChI is InChI=1S/C33H32F2O4/c34-33(35)21-20-30(37-23-26-12-6-2-7-13-26)31(38-24-27-14-8-3-9-15-27)32(33)39-29-18-16-28(17-19-29)36-22-25-10-4-1-5-11-25/h1-19,30-32H,20-24H2/t30-,31+,32+/m0/s1. The molecule has 0 saturated heterocycles. The topological polar surface area (TPSA) is 36.9 Å². The molecule has 1 aliphatic rings. The highest BCUT2D eigenvalue weighted by Crippen LogP contribution is 2.40. The van der Waals surface area contributed by atoms with E-state index < -0.39 is 24.2 Å². The van der Waals surface area contributed by atoms with E-state index in [2.05, 4.69) is 0 Å². The highest BCUT2D eigenvalue weighted by atomic mass is 19.3. The van der Waals surface area contributed by atoms with E-state index in [-0.39, 0.29) is 19.4 Å². The maximum atomic E-state index is 15.4. The Bertz CT molecular complexity index is 1270. The van der Waals surface area contributed by atoms with Crippen molar-refractivity contribution in [3.8, 4) is 11.5 Å². The van der Waals surface area contributed by atoms with Gasteiger partial charge in [-0.25, -0.2) is 8.78 Å². The summed E-state index contributed by atoms with van der Waals surface area (Å²) in [7, 11) is 0. The maximum Gasteiger partial charge on any atom is 0.286 e. The Labute approximate surface area is 228 Å². The molecule has 0 bridgehead atoms. The highest BCUT2D eigenvalue weighted by Gasteiger charge is 2.54. The van der Waals surface area contributed by atoms with Crippen molar-refractivity contribution >= 4 is 0 Å². The number of alkyl halides is 2. The molecule has 0 heterocycles. The molecule has 4 nitrogen and oxygen atoms in total. The quantitative estimate of drug-likeness (QED) is 0.200. The van der Waals surface area contributed by atoms with Crippen LogP contribution in [0.4, 0.5) is 8.78 Å². The number of ether oxygens (including phenoxy) is 4. The lowest BCUT2D eigenvalue weighted by atomic mass is 9.88. The van der Waals surface area contributed by atoms with Crippen molar-refractivity contribution in [3.05, 3.63) is 132 Å². The van der Waals surface area contributed by atoms with Gasteiger partial charge < -0.3 is 18.9 Å². The number of benzene rings is 4. The molecule has 39 heavy (non-hydrogen) atoms. The molecule has 0 N–H and O–H groups in total. The summed E-state index contributed by atoms with van der Waals surface area (Å²) < 4.78 is 54.8. The predicted molar refractivity (Wildman–Crippen MR) is 146 cm³/mol. The second-order valence-electron chi connectivity index (χ2n) is 9.68. The Balaban J connectivity index is 1.30. The molecule has 1 saturated carbocycles. The van der Waals surface area contributed by atoms with Gasteiger partial charge in [-0.3, -0.25) is 0 Å². The Morgan fingerprint density at radius 1 is 0.590 bits per heavy atom. The van der Waals surface area contributed by atoms with Gasteiger partial charge in [0.2, 0.25) is 0 Å². The normalized spacial score (nSPS) is 20.3. The zero-order chi connectivity index (χ0) is 26.9. The van der Waals surface area contributed by atoms with Gasteiger partial charge in [0, 0.05) is 6.42 Å². The molecular formula is C33H32F2O4. The second kappa shape index (κ2) is 12.9. The zero-order valence-corrected chi connectivity index (χ0v) is 21.6. The van der Waals surface area contributed by atoms with Crippen LogP contribution in [-0.2, 0) is 29.3 Å². The van der Waals surface area contributed by atoms with E-state index in [1.165, 1.54) is 0 Å². The summed E-state index contributed by atoms with van der Waals surface area (Å²) >= 11 is 0. The fraction of sp³-hybridized carbons (Fsp3) is 0.273. The van der Waals surface area contributed by atoms with Crippen LogP contribution in [0.3, 0.4) is 0 Å². The molecule has 4 aromatic rings. The van der Waals surface area contributed by atoms with Gasteiger partial charge >= 0.3 is 0 Å². The number of halogens is 2. The van der Waals surface area contributed by atoms with Crippen molar-refractivity contribution in [2.75, 3.05) is 0 Å². The predicted octanol–water partition coefficient (Wildman–Crippen LogP) is 7.61. The average Bonchev–Trinajstić information content (AvgIpc) is 2.98. The number of hydrogen-bond acceptors (Lipinski definition) is 4. The van der Waals surface area contributed by atoms with Crippen molar-refractivity contribution in [2.45, 2.75) is 56.9 Å². The molecule has 4 aromatic carbocycles. The van der Waals surface area contributed by atoms with Crippen molar-refractivity contribution < 1.29 is 27.7 Å². The molecule has 0 spiro atoms. The first kappa shape index (κ1) is 26.9. The average molecular weight is 531 g/mol. The maximum absolute atomic E-state index is 15.4. The minimum Gasteiger partial charge on any atom is -0.489 e. The third-order valence-corrected chi connectivity index (χ3v) is 6.77. The van der Waals surface area contributed by atoms with Gasteiger partial charge in [0.05, 0.1) is 19.3 Å². The minimum atomic E-state index is -3.09. The fourth-order valence-corrected chi connectivity index (χ4v) is 4.65. The van der Waals surface area contributed by atoms with Gasteiger partial charge in [0.1, 0.15) is 24.2 Å². The van der Waals surface area contributed by atoms with E-state index in [1.807, 2.05) is 91.0 Å². The van der Waals surface area contributed by atoms with E-state index in [4.69, 9.17) is 18.9 Å². The van der Waals surface area contributed by atoms with Crippen LogP contribution in [0.5, 0.6) is 11.5 Å². The Hall–Kier alpha value is -3.74. The van der Waals surface area contributed by atoms with Crippen molar-refractivity contribution in [1.82, 2.24) is 0 Å². The van der Waals surface area contributed by atoms with Crippen LogP contribution in [0.2, 0.25) is 0 Å². The summed E-state index contributed by atoms with van der Waals surface area (Å²) in [6.45, 7) is 0.902. The summed E-state index contributed by atoms with van der Waals surface area (Å²) in [6.07, 6.45) is -3.20. The van der Waals surface area contributed by atoms with Crippen molar-refractivity contribution in [3.63, 3.8) is 0 Å². The molecule has 0 aromatic heterocycles. The highest BCUT2D eigenvalue weighted by molar-refractivity contribution is 5.32. The molecule has 5 rings (SSSR count). The molecule has 0 amide bonds. The summed E-state index contributed by atoms with van der Waals surface area (Å²) in [6, 6.07) is 35.8. The van der Waals surface area contributed by atoms with Crippen LogP contribution < -0.4 is 9.47 Å². The molecule has 202 valence electrons. The van der Waals surface area contributed by atoms with Crippen molar-refractivity contribution in [2.24, 2.45) is 0 Å². The Morgan fingerprint density at radius 2 is 1.08 bits per heavy atom. The molecule has 1 fully saturated rings. The molecule has 0 aliphatic heterocycles. The summed E-state index contributed by atoms with van der Waals surface area (Å²) in [5.41, 5.74) is 2.91. The SMILES string of the molecule is FC1(F)CC[C@H](OCc2ccccc2)[C@@H](OCc2ccccc2)[C@H]1Oc1ccc(OCc2ccccc2)cc1. The van der Waals surface area contributed by atoms with Crippen LogP contribution >= 0.6 is 0 Å². The smallest absolute Gasteiger partial charge is 0.286 e. The monoisotopic (exact) mass is 530 g/mol. The van der Waals surface area contributed by atoms with Crippen LogP contribution in [0.25, 0.3) is 0 Å². The summed E-state index contributed by atoms with van der Waals surface area (Å²) in [5, 5.41) is 0. The van der Waals surface area contributed by atoms with E-state index in [1.54, 1.807) is 24.3 Å². The first-order valence-corrected chi connectivity index (χ1v) is 13.2. The van der Waals surface area contributed by atoms with Crippen LogP contribution in [0, 0.1) is 0 Å². The number of hydrogen-bond donors (Lipinski definition) is 0. The molecule has 6 heteroatoms. The van der Waals surface area contributed by atoms with E-state index in [0.29, 0.717) is 24.7 Å². The molecule has 3 atom stereocenters. The minimum absolute atomic E-state index is 0.172. The molecular weight excluding hydrogens is 498 g/mol. The van der Waals surface area contributed by atoms with Gasteiger partial charge in [0.15, 0.2) is 6.10 Å². The van der Waals surface area contributed by atoms with E-state index in [0.717, 1.165) is 16.7 Å². The van der Waals surface area contributed by atoms with E-state index in [9.17, 15) is 0 Å². The van der Waals surface area contributed by atoms with Crippen LogP contribution in [0.15, 0.2) is 115 Å². The first-order chi connectivity index (χ1) is 19.1. The van der Waals surface area contributed by atoms with Crippen molar-refractivity contribution in [1.29, 1.82) is 0 Å². The summed E-state index contributed by atoms with van der Waals surface area (Å²) in [5.74, 6) is -2.14. The zero-order valence-electron chi connectivity index (χ0n) is 21.6. The Kier molecular flexibility index (Phi) is 8.86. The fourth-order valence-electron chi connectivity index (χ4n) is 4.65. The lowest BCUT2D eigenvalue weighted by Crippen LogP contribution is -2.57. The molecule has 0 radical (unpaired) electrons. The lowest BCUT2D eigenvalue weighted by molar-refractivity contribution is -0.224. The van der Waals surface area contributed by atoms with E-state index >= 15 is 8.78 Å². The third-order valence-electron chi connectivity index (χ3n) is 6.77. The van der Waals surface area contributed by atoms with Gasteiger partial charge in [-0.05, 0) is 47.4 Å². The lowest BCUT2D eigenvalue weighted by Gasteiger charge is -2.42. The van der Waals surface area contributed by atoms with Gasteiger partial charge in [-0.2, -0.15) is 0 Å². The largest absolute Gasteiger partial charge is 0.489 e. The van der Waals surface area contributed by atoms with Crippen LogP contribution in [-0.4, -0.2) is 24.2 Å².